The largest absolute Gasteiger partial charge is 0.493 e. The highest BCUT2D eigenvalue weighted by Crippen LogP contribution is 2.37. The van der Waals surface area contributed by atoms with Gasteiger partial charge in [0.05, 0.1) is 19.2 Å². The summed E-state index contributed by atoms with van der Waals surface area (Å²) < 4.78 is 23.2. The number of rotatable bonds is 3. The first-order valence-corrected chi connectivity index (χ1v) is 4.32. The van der Waals surface area contributed by atoms with Crippen LogP contribution in [0.3, 0.4) is 0 Å². The molecule has 0 unspecified atom stereocenters. The molecule has 0 amide bonds. The van der Waals surface area contributed by atoms with Crippen molar-refractivity contribution in [3.63, 3.8) is 0 Å². The quantitative estimate of drug-likeness (QED) is 0.845. The number of benzene rings is 1. The van der Waals surface area contributed by atoms with Gasteiger partial charge in [0.1, 0.15) is 5.82 Å². The van der Waals surface area contributed by atoms with E-state index in [9.17, 15) is 4.39 Å². The molecule has 1 aromatic rings. The lowest BCUT2D eigenvalue weighted by molar-refractivity contribution is 0.349. The Balaban J connectivity index is 3.42. The maximum atomic E-state index is 13.2. The van der Waals surface area contributed by atoms with E-state index in [2.05, 4.69) is 0 Å². The molecule has 78 valence electrons. The average molecular weight is 220 g/mol. The van der Waals surface area contributed by atoms with Crippen LogP contribution in [-0.2, 0) is 6.54 Å². The van der Waals surface area contributed by atoms with Crippen molar-refractivity contribution in [3.05, 3.63) is 22.5 Å². The van der Waals surface area contributed by atoms with Crippen LogP contribution in [0.1, 0.15) is 5.56 Å². The van der Waals surface area contributed by atoms with Gasteiger partial charge in [-0.2, -0.15) is 0 Å². The smallest absolute Gasteiger partial charge is 0.166 e. The van der Waals surface area contributed by atoms with Crippen LogP contribution in [0.4, 0.5) is 4.39 Å². The molecule has 1 rings (SSSR count). The first-order chi connectivity index (χ1) is 6.65. The van der Waals surface area contributed by atoms with E-state index in [1.165, 1.54) is 20.3 Å². The summed E-state index contributed by atoms with van der Waals surface area (Å²) in [5.74, 6) is 0.0982. The van der Waals surface area contributed by atoms with Crippen LogP contribution < -0.4 is 15.2 Å². The van der Waals surface area contributed by atoms with Crippen molar-refractivity contribution in [2.24, 2.45) is 5.73 Å². The second-order valence-electron chi connectivity index (χ2n) is 2.59. The molecule has 0 aliphatic carbocycles. The third-order valence-electron chi connectivity index (χ3n) is 1.86. The van der Waals surface area contributed by atoms with E-state index in [-0.39, 0.29) is 17.3 Å². The molecule has 5 heteroatoms. The summed E-state index contributed by atoms with van der Waals surface area (Å²) in [5, 5.41) is -0.0230. The number of ether oxygens (including phenoxy) is 2. The van der Waals surface area contributed by atoms with Gasteiger partial charge in [0.15, 0.2) is 11.5 Å². The van der Waals surface area contributed by atoms with Gasteiger partial charge in [-0.05, 0) is 0 Å². The second kappa shape index (κ2) is 4.48. The highest BCUT2D eigenvalue weighted by atomic mass is 35.5. The summed E-state index contributed by atoms with van der Waals surface area (Å²) in [6.07, 6.45) is 0. The molecule has 3 nitrogen and oxygen atoms in total. The molecule has 0 aliphatic rings. The zero-order chi connectivity index (χ0) is 10.7. The molecule has 0 aromatic heterocycles. The zero-order valence-corrected chi connectivity index (χ0v) is 8.69. The lowest BCUT2D eigenvalue weighted by atomic mass is 10.1. The Labute approximate surface area is 86.6 Å². The maximum absolute atomic E-state index is 13.2. The van der Waals surface area contributed by atoms with Crippen molar-refractivity contribution in [3.8, 4) is 11.5 Å². The SMILES string of the molecule is COc1cc(F)c(Cl)c(CN)c1OC. The first-order valence-electron chi connectivity index (χ1n) is 3.94. The predicted octanol–water partition coefficient (Wildman–Crippen LogP) is 1.96. The van der Waals surface area contributed by atoms with E-state index in [1.54, 1.807) is 0 Å². The molecule has 0 fully saturated rings. The van der Waals surface area contributed by atoms with Crippen LogP contribution in [-0.4, -0.2) is 14.2 Å². The monoisotopic (exact) mass is 219 g/mol. The lowest BCUT2D eigenvalue weighted by Crippen LogP contribution is -2.04. The van der Waals surface area contributed by atoms with Gasteiger partial charge in [-0.1, -0.05) is 11.6 Å². The van der Waals surface area contributed by atoms with Gasteiger partial charge >= 0.3 is 0 Å². The molecule has 0 bridgehead atoms. The van der Waals surface area contributed by atoms with Crippen LogP contribution in [0.15, 0.2) is 6.07 Å². The number of halogens is 2. The third-order valence-corrected chi connectivity index (χ3v) is 2.27. The molecule has 1 aromatic carbocycles. The minimum atomic E-state index is -0.565. The van der Waals surface area contributed by atoms with E-state index in [1.807, 2.05) is 0 Å². The molecular formula is C9H11ClFNO2. The fourth-order valence-electron chi connectivity index (χ4n) is 1.19. The Morgan fingerprint density at radius 1 is 1.43 bits per heavy atom. The van der Waals surface area contributed by atoms with Crippen molar-refractivity contribution in [2.45, 2.75) is 6.54 Å². The molecule has 0 saturated carbocycles. The maximum Gasteiger partial charge on any atom is 0.166 e. The van der Waals surface area contributed by atoms with Crippen molar-refractivity contribution >= 4 is 11.6 Å². The average Bonchev–Trinajstić information content (AvgIpc) is 2.20. The van der Waals surface area contributed by atoms with Crippen molar-refractivity contribution in [2.75, 3.05) is 14.2 Å². The van der Waals surface area contributed by atoms with Crippen LogP contribution in [0.25, 0.3) is 0 Å². The van der Waals surface area contributed by atoms with E-state index in [4.69, 9.17) is 26.8 Å². The van der Waals surface area contributed by atoms with E-state index in [0.29, 0.717) is 11.3 Å². The fourth-order valence-corrected chi connectivity index (χ4v) is 1.41. The van der Waals surface area contributed by atoms with E-state index < -0.39 is 5.82 Å². The summed E-state index contributed by atoms with van der Waals surface area (Å²) in [6.45, 7) is 0.0934. The van der Waals surface area contributed by atoms with Crippen molar-refractivity contribution in [1.82, 2.24) is 0 Å². The van der Waals surface area contributed by atoms with Crippen molar-refractivity contribution in [1.29, 1.82) is 0 Å². The minimum absolute atomic E-state index is 0.0230. The van der Waals surface area contributed by atoms with Gasteiger partial charge < -0.3 is 15.2 Å². The predicted molar refractivity (Wildman–Crippen MR) is 52.4 cm³/mol. The third kappa shape index (κ3) is 1.76. The Hall–Kier alpha value is -1.00. The van der Waals surface area contributed by atoms with Gasteiger partial charge in [-0.25, -0.2) is 4.39 Å². The summed E-state index contributed by atoms with van der Waals surface area (Å²) >= 11 is 5.72. The highest BCUT2D eigenvalue weighted by Gasteiger charge is 2.17. The normalized spacial score (nSPS) is 10.1. The molecule has 0 saturated heterocycles. The Morgan fingerprint density at radius 2 is 2.07 bits per heavy atom. The van der Waals surface area contributed by atoms with Crippen LogP contribution >= 0.6 is 11.6 Å². The molecule has 0 heterocycles. The molecular weight excluding hydrogens is 209 g/mol. The summed E-state index contributed by atoms with van der Waals surface area (Å²) in [7, 11) is 2.87. The van der Waals surface area contributed by atoms with E-state index in [0.717, 1.165) is 0 Å². The summed E-state index contributed by atoms with van der Waals surface area (Å²) in [4.78, 5) is 0. The summed E-state index contributed by atoms with van der Waals surface area (Å²) in [6, 6.07) is 1.17. The van der Waals surface area contributed by atoms with Gasteiger partial charge in [0.2, 0.25) is 0 Å². The van der Waals surface area contributed by atoms with Crippen molar-refractivity contribution < 1.29 is 13.9 Å². The molecule has 0 radical (unpaired) electrons. The topological polar surface area (TPSA) is 44.5 Å². The second-order valence-corrected chi connectivity index (χ2v) is 2.97. The Bertz CT molecular complexity index is 344. The first kappa shape index (κ1) is 11.1. The highest BCUT2D eigenvalue weighted by molar-refractivity contribution is 6.31. The van der Waals surface area contributed by atoms with Gasteiger partial charge in [-0.3, -0.25) is 0 Å². The van der Waals surface area contributed by atoms with Crippen LogP contribution in [0, 0.1) is 5.82 Å². The Morgan fingerprint density at radius 3 is 2.50 bits per heavy atom. The van der Waals surface area contributed by atoms with Crippen LogP contribution in [0.5, 0.6) is 11.5 Å². The van der Waals surface area contributed by atoms with Crippen LogP contribution in [0.2, 0.25) is 5.02 Å². The van der Waals surface area contributed by atoms with Gasteiger partial charge in [0.25, 0.3) is 0 Å². The molecule has 14 heavy (non-hydrogen) atoms. The number of hydrogen-bond donors (Lipinski definition) is 1. The molecule has 0 atom stereocenters. The summed E-state index contributed by atoms with van der Waals surface area (Å²) in [5.41, 5.74) is 5.84. The molecule has 0 aliphatic heterocycles. The van der Waals surface area contributed by atoms with Gasteiger partial charge in [-0.15, -0.1) is 0 Å². The Kier molecular flexibility index (Phi) is 3.55. The van der Waals surface area contributed by atoms with E-state index >= 15 is 0 Å². The molecule has 0 spiro atoms. The number of nitrogens with two attached hydrogens (primary N) is 1. The zero-order valence-electron chi connectivity index (χ0n) is 7.93. The number of methoxy groups -OCH3 is 2. The lowest BCUT2D eigenvalue weighted by Gasteiger charge is -2.13. The minimum Gasteiger partial charge on any atom is -0.493 e. The number of hydrogen-bond acceptors (Lipinski definition) is 3. The van der Waals surface area contributed by atoms with Gasteiger partial charge in [0, 0.05) is 18.2 Å². The molecule has 2 N–H and O–H groups in total. The standard InChI is InChI=1S/C9H11ClFNO2/c1-13-7-3-6(11)8(10)5(4-12)9(7)14-2/h3H,4,12H2,1-2H3. The fraction of sp³-hybridized carbons (Fsp3) is 0.333.